The molecule has 2 N–H and O–H groups in total. The number of ether oxygens (including phenoxy) is 2. The van der Waals surface area contributed by atoms with Crippen molar-refractivity contribution in [2.45, 2.75) is 199 Å². The maximum atomic E-state index is 12.2. The molecule has 0 bridgehead atoms. The van der Waals surface area contributed by atoms with E-state index < -0.39 is 6.10 Å². The molecule has 0 aromatic rings. The van der Waals surface area contributed by atoms with Crippen LogP contribution in [-0.4, -0.2) is 47.6 Å². The van der Waals surface area contributed by atoms with Crippen LogP contribution in [0.1, 0.15) is 187 Å². The second-order valence-electron chi connectivity index (χ2n) is 13.5. The van der Waals surface area contributed by atoms with E-state index in [0.717, 1.165) is 64.2 Å². The molecule has 0 aliphatic rings. The Balaban J connectivity index is 3.65. The summed E-state index contributed by atoms with van der Waals surface area (Å²) in [5.41, 5.74) is 0. The van der Waals surface area contributed by atoms with E-state index in [1.165, 1.54) is 89.9 Å². The molecule has 0 aliphatic heterocycles. The summed E-state index contributed by atoms with van der Waals surface area (Å²) in [6.07, 6.45) is 45.2. The highest BCUT2D eigenvalue weighted by atomic mass is 16.6. The zero-order chi connectivity index (χ0) is 35.9. The number of unbranched alkanes of at least 4 members (excludes halogenated alkanes) is 17. The minimum atomic E-state index is -0.801. The standard InChI is InChI=1S/C43H76O6/c1-3-5-6-7-8-9-10-11-12-13-14-17-21-24-27-30-33-37-43(47)49-41(38-44)39-48-42(46)36-32-29-26-23-20-18-15-16-19-22-25-28-31-35-40(45)34-4-2/h15,18-19,22-23,26,28,31,40-41,44-45H,3-14,16-17,20-21,24-25,27,29-30,32-39H2,1-2H3/b18-15-,22-19-,26-23-,31-28-/t40?,41-/m0/s1. The van der Waals surface area contributed by atoms with Gasteiger partial charge in [0.1, 0.15) is 6.61 Å². The van der Waals surface area contributed by atoms with Crippen molar-refractivity contribution in [3.8, 4) is 0 Å². The Kier molecular flexibility index (Phi) is 36.9. The molecule has 6 nitrogen and oxygen atoms in total. The zero-order valence-electron chi connectivity index (χ0n) is 31.8. The Bertz CT molecular complexity index is 845. The van der Waals surface area contributed by atoms with Gasteiger partial charge in [0.25, 0.3) is 0 Å². The van der Waals surface area contributed by atoms with Crippen LogP contribution in [0.3, 0.4) is 0 Å². The molecule has 0 saturated heterocycles. The van der Waals surface area contributed by atoms with Crippen LogP contribution in [-0.2, 0) is 19.1 Å². The zero-order valence-corrected chi connectivity index (χ0v) is 31.8. The van der Waals surface area contributed by atoms with Gasteiger partial charge in [-0.3, -0.25) is 9.59 Å². The molecule has 1 unspecified atom stereocenters. The normalized spacial score (nSPS) is 13.3. The third-order valence-electron chi connectivity index (χ3n) is 8.68. The van der Waals surface area contributed by atoms with Gasteiger partial charge < -0.3 is 19.7 Å². The highest BCUT2D eigenvalue weighted by Gasteiger charge is 2.16. The van der Waals surface area contributed by atoms with E-state index in [-0.39, 0.29) is 31.3 Å². The fourth-order valence-corrected chi connectivity index (χ4v) is 5.62. The second kappa shape index (κ2) is 38.6. The van der Waals surface area contributed by atoms with Crippen LogP contribution in [0.15, 0.2) is 48.6 Å². The number of hydrogen-bond donors (Lipinski definition) is 2. The Hall–Kier alpha value is -2.18. The van der Waals surface area contributed by atoms with Gasteiger partial charge >= 0.3 is 11.9 Å². The van der Waals surface area contributed by atoms with Crippen LogP contribution >= 0.6 is 0 Å². The van der Waals surface area contributed by atoms with Gasteiger partial charge in [0, 0.05) is 12.8 Å². The summed E-state index contributed by atoms with van der Waals surface area (Å²) in [5, 5.41) is 19.2. The summed E-state index contributed by atoms with van der Waals surface area (Å²) in [7, 11) is 0. The molecule has 284 valence electrons. The average Bonchev–Trinajstić information content (AvgIpc) is 3.09. The van der Waals surface area contributed by atoms with Crippen molar-refractivity contribution in [3.05, 3.63) is 48.6 Å². The number of aliphatic hydroxyl groups excluding tert-OH is 2. The molecule has 0 aromatic heterocycles. The lowest BCUT2D eigenvalue weighted by Crippen LogP contribution is -2.28. The molecule has 0 spiro atoms. The number of esters is 2. The van der Waals surface area contributed by atoms with Crippen LogP contribution in [0.4, 0.5) is 0 Å². The first-order chi connectivity index (χ1) is 24.0. The van der Waals surface area contributed by atoms with Gasteiger partial charge in [0.15, 0.2) is 6.10 Å². The molecule has 0 radical (unpaired) electrons. The lowest BCUT2D eigenvalue weighted by Gasteiger charge is -2.15. The van der Waals surface area contributed by atoms with Crippen LogP contribution in [0.5, 0.6) is 0 Å². The van der Waals surface area contributed by atoms with E-state index in [1.54, 1.807) is 0 Å². The molecule has 0 fully saturated rings. The lowest BCUT2D eigenvalue weighted by molar-refractivity contribution is -0.161. The number of allylic oxidation sites excluding steroid dienone is 7. The number of carbonyl (C=O) groups excluding carboxylic acids is 2. The van der Waals surface area contributed by atoms with E-state index in [1.807, 2.05) is 0 Å². The molecule has 0 saturated carbocycles. The summed E-state index contributed by atoms with van der Waals surface area (Å²) in [6.45, 7) is 3.90. The highest BCUT2D eigenvalue weighted by molar-refractivity contribution is 5.70. The molecule has 0 amide bonds. The van der Waals surface area contributed by atoms with Crippen LogP contribution in [0, 0.1) is 0 Å². The number of aliphatic hydroxyl groups is 2. The molecular weight excluding hydrogens is 612 g/mol. The highest BCUT2D eigenvalue weighted by Crippen LogP contribution is 2.15. The maximum absolute atomic E-state index is 12.2. The number of rotatable bonds is 36. The molecule has 0 aliphatic carbocycles. The smallest absolute Gasteiger partial charge is 0.306 e. The largest absolute Gasteiger partial charge is 0.462 e. The summed E-state index contributed by atoms with van der Waals surface area (Å²) in [4.78, 5) is 24.2. The fraction of sp³-hybridized carbons (Fsp3) is 0.767. The predicted octanol–water partition coefficient (Wildman–Crippen LogP) is 11.6. The molecule has 0 rings (SSSR count). The van der Waals surface area contributed by atoms with Gasteiger partial charge in [-0.25, -0.2) is 0 Å². The van der Waals surface area contributed by atoms with E-state index >= 15 is 0 Å². The first-order valence-corrected chi connectivity index (χ1v) is 20.3. The van der Waals surface area contributed by atoms with Crippen LogP contribution in [0.2, 0.25) is 0 Å². The van der Waals surface area contributed by atoms with Gasteiger partial charge in [0.05, 0.1) is 12.7 Å². The number of carbonyl (C=O) groups is 2. The molecule has 2 atom stereocenters. The van der Waals surface area contributed by atoms with Crippen molar-refractivity contribution in [2.75, 3.05) is 13.2 Å². The van der Waals surface area contributed by atoms with Gasteiger partial charge in [-0.2, -0.15) is 0 Å². The van der Waals surface area contributed by atoms with Gasteiger partial charge in [-0.05, 0) is 51.4 Å². The Morgan fingerprint density at radius 3 is 1.49 bits per heavy atom. The van der Waals surface area contributed by atoms with Crippen molar-refractivity contribution in [2.24, 2.45) is 0 Å². The van der Waals surface area contributed by atoms with E-state index in [9.17, 15) is 19.8 Å². The second-order valence-corrected chi connectivity index (χ2v) is 13.5. The molecule has 0 aromatic carbocycles. The van der Waals surface area contributed by atoms with Gasteiger partial charge in [-0.15, -0.1) is 0 Å². The van der Waals surface area contributed by atoms with Crippen molar-refractivity contribution in [1.82, 2.24) is 0 Å². The Morgan fingerprint density at radius 1 is 0.551 bits per heavy atom. The SMILES string of the molecule is CCCCCCCCCCCCCCCCCCCC(=O)O[C@@H](CO)COC(=O)CCC/C=C\C/C=C\C/C=C\C/C=C\CC(O)CCC. The van der Waals surface area contributed by atoms with Crippen molar-refractivity contribution >= 4 is 11.9 Å². The first-order valence-electron chi connectivity index (χ1n) is 20.3. The first kappa shape index (κ1) is 46.8. The number of hydrogen-bond acceptors (Lipinski definition) is 6. The summed E-state index contributed by atoms with van der Waals surface area (Å²) >= 11 is 0. The summed E-state index contributed by atoms with van der Waals surface area (Å²) in [6, 6.07) is 0. The van der Waals surface area contributed by atoms with Gasteiger partial charge in [-0.1, -0.05) is 172 Å². The topological polar surface area (TPSA) is 93.1 Å². The summed E-state index contributed by atoms with van der Waals surface area (Å²) in [5.74, 6) is -0.673. The van der Waals surface area contributed by atoms with Crippen LogP contribution in [0.25, 0.3) is 0 Å². The Labute approximate surface area is 301 Å². The molecular formula is C43H76O6. The molecule has 49 heavy (non-hydrogen) atoms. The quantitative estimate of drug-likeness (QED) is 0.0387. The van der Waals surface area contributed by atoms with Crippen molar-refractivity contribution < 1.29 is 29.3 Å². The van der Waals surface area contributed by atoms with Crippen molar-refractivity contribution in [3.63, 3.8) is 0 Å². The third-order valence-corrected chi connectivity index (χ3v) is 8.68. The van der Waals surface area contributed by atoms with E-state index in [4.69, 9.17) is 9.47 Å². The maximum Gasteiger partial charge on any atom is 0.306 e. The third kappa shape index (κ3) is 36.9. The van der Waals surface area contributed by atoms with Crippen molar-refractivity contribution in [1.29, 1.82) is 0 Å². The monoisotopic (exact) mass is 689 g/mol. The predicted molar refractivity (Wildman–Crippen MR) is 206 cm³/mol. The fourth-order valence-electron chi connectivity index (χ4n) is 5.62. The van der Waals surface area contributed by atoms with E-state index in [2.05, 4.69) is 62.5 Å². The average molecular weight is 689 g/mol. The summed E-state index contributed by atoms with van der Waals surface area (Å²) < 4.78 is 10.6. The molecule has 0 heterocycles. The van der Waals surface area contributed by atoms with Crippen LogP contribution < -0.4 is 0 Å². The van der Waals surface area contributed by atoms with E-state index in [0.29, 0.717) is 19.3 Å². The molecule has 6 heteroatoms. The minimum absolute atomic E-state index is 0.104. The lowest BCUT2D eigenvalue weighted by atomic mass is 10.0. The Morgan fingerprint density at radius 2 is 1.00 bits per heavy atom. The minimum Gasteiger partial charge on any atom is -0.462 e. The van der Waals surface area contributed by atoms with Gasteiger partial charge in [0.2, 0.25) is 0 Å².